The molecule has 0 radical (unpaired) electrons. The van der Waals surface area contributed by atoms with Gasteiger partial charge < -0.3 is 11.5 Å². The Morgan fingerprint density at radius 1 is 1.31 bits per heavy atom. The molecule has 0 amide bonds. The summed E-state index contributed by atoms with van der Waals surface area (Å²) in [5.41, 5.74) is 10.2. The number of fused-ring (bicyclic) bond motifs is 1. The second-order valence-electron chi connectivity index (χ2n) is 3.01. The minimum absolute atomic E-state index is 0.191. The second kappa shape index (κ2) is 3.26. The number of nitrogens with two attached hydrogens (primary N) is 2. The van der Waals surface area contributed by atoms with Crippen LogP contribution in [0, 0.1) is 15.9 Å². The van der Waals surface area contributed by atoms with Gasteiger partial charge in [-0.15, -0.1) is 0 Å². The van der Waals surface area contributed by atoms with Gasteiger partial charge in [-0.2, -0.15) is 4.98 Å². The van der Waals surface area contributed by atoms with Crippen LogP contribution >= 0.6 is 0 Å². The molecular weight excluding hydrogens is 217 g/mol. The smallest absolute Gasteiger partial charge is 0.295 e. The minimum Gasteiger partial charge on any atom is -0.383 e. The highest BCUT2D eigenvalue weighted by Crippen LogP contribution is 2.29. The number of hydrogen-bond acceptors (Lipinski definition) is 6. The summed E-state index contributed by atoms with van der Waals surface area (Å²) >= 11 is 0. The lowest BCUT2D eigenvalue weighted by Gasteiger charge is -2.03. The van der Waals surface area contributed by atoms with E-state index >= 15 is 0 Å². The largest absolute Gasteiger partial charge is 0.383 e. The number of rotatable bonds is 1. The lowest BCUT2D eigenvalue weighted by atomic mass is 10.2. The number of nitro benzene ring substituents is 1. The van der Waals surface area contributed by atoms with E-state index < -0.39 is 10.7 Å². The quantitative estimate of drug-likeness (QED) is 0.545. The molecule has 0 spiro atoms. The Labute approximate surface area is 88.1 Å². The molecule has 1 aromatic carbocycles. The fourth-order valence-corrected chi connectivity index (χ4v) is 1.38. The van der Waals surface area contributed by atoms with Crippen LogP contribution in [-0.4, -0.2) is 14.9 Å². The molecule has 0 atom stereocenters. The molecule has 2 rings (SSSR count). The topological polar surface area (TPSA) is 121 Å². The lowest BCUT2D eigenvalue weighted by molar-refractivity contribution is -0.383. The third-order valence-electron chi connectivity index (χ3n) is 2.02. The molecule has 16 heavy (non-hydrogen) atoms. The van der Waals surface area contributed by atoms with Gasteiger partial charge in [0.25, 0.3) is 5.69 Å². The molecule has 82 valence electrons. The Bertz CT molecular complexity index is 600. The van der Waals surface area contributed by atoms with Crippen molar-refractivity contribution >= 4 is 28.4 Å². The molecule has 8 heteroatoms. The van der Waals surface area contributed by atoms with E-state index in [0.29, 0.717) is 0 Å². The molecule has 0 bridgehead atoms. The Balaban J connectivity index is 2.98. The molecule has 4 N–H and O–H groups in total. The zero-order valence-electron chi connectivity index (χ0n) is 7.85. The van der Waals surface area contributed by atoms with Gasteiger partial charge in [-0.25, -0.2) is 9.37 Å². The van der Waals surface area contributed by atoms with Gasteiger partial charge >= 0.3 is 0 Å². The van der Waals surface area contributed by atoms with Crippen LogP contribution in [-0.2, 0) is 0 Å². The summed E-state index contributed by atoms with van der Waals surface area (Å²) in [6, 6.07) is 1.94. The molecule has 7 nitrogen and oxygen atoms in total. The van der Waals surface area contributed by atoms with Crippen LogP contribution in [0.2, 0.25) is 0 Å². The van der Waals surface area contributed by atoms with Gasteiger partial charge in [-0.05, 0) is 6.07 Å². The first kappa shape index (κ1) is 10.0. The zero-order valence-corrected chi connectivity index (χ0v) is 7.85. The first-order valence-electron chi connectivity index (χ1n) is 4.16. The predicted molar refractivity (Wildman–Crippen MR) is 55.0 cm³/mol. The van der Waals surface area contributed by atoms with E-state index in [1.54, 1.807) is 0 Å². The first-order valence-corrected chi connectivity index (χ1v) is 4.16. The average molecular weight is 223 g/mol. The van der Waals surface area contributed by atoms with Crippen molar-refractivity contribution in [3.63, 3.8) is 0 Å². The summed E-state index contributed by atoms with van der Waals surface area (Å²) in [7, 11) is 0. The lowest BCUT2D eigenvalue weighted by Crippen LogP contribution is -2.03. The Morgan fingerprint density at radius 3 is 2.62 bits per heavy atom. The molecule has 0 saturated carbocycles. The number of aromatic nitrogens is 2. The number of non-ortho nitro benzene ring substituents is 1. The number of nitro groups is 1. The summed E-state index contributed by atoms with van der Waals surface area (Å²) in [6.45, 7) is 0. The van der Waals surface area contributed by atoms with E-state index in [1.165, 1.54) is 0 Å². The Hall–Kier alpha value is -2.51. The number of anilines is 2. The summed E-state index contributed by atoms with van der Waals surface area (Å²) in [4.78, 5) is 17.2. The molecule has 1 heterocycles. The van der Waals surface area contributed by atoms with Crippen LogP contribution < -0.4 is 11.5 Å². The third kappa shape index (κ3) is 1.36. The van der Waals surface area contributed by atoms with Crippen LogP contribution in [0.3, 0.4) is 0 Å². The van der Waals surface area contributed by atoms with E-state index in [1.807, 2.05) is 0 Å². The van der Waals surface area contributed by atoms with Gasteiger partial charge in [-0.1, -0.05) is 0 Å². The van der Waals surface area contributed by atoms with Crippen LogP contribution in [0.25, 0.3) is 10.9 Å². The van der Waals surface area contributed by atoms with Crippen molar-refractivity contribution in [3.8, 4) is 0 Å². The summed E-state index contributed by atoms with van der Waals surface area (Å²) in [5.74, 6) is -1.18. The monoisotopic (exact) mass is 223 g/mol. The number of halogens is 1. The van der Waals surface area contributed by atoms with Crippen molar-refractivity contribution in [2.24, 2.45) is 0 Å². The summed E-state index contributed by atoms with van der Waals surface area (Å²) in [5, 5.41) is 10.5. The SMILES string of the molecule is Nc1nc(N)c2c(F)ccc([N+](=O)[O-])c2n1. The maximum absolute atomic E-state index is 13.4. The van der Waals surface area contributed by atoms with Crippen molar-refractivity contribution in [2.45, 2.75) is 0 Å². The highest BCUT2D eigenvalue weighted by atomic mass is 19.1. The van der Waals surface area contributed by atoms with Crippen molar-refractivity contribution in [2.75, 3.05) is 11.5 Å². The zero-order chi connectivity index (χ0) is 11.9. The predicted octanol–water partition coefficient (Wildman–Crippen LogP) is 0.842. The molecule has 0 fully saturated rings. The number of hydrogen-bond donors (Lipinski definition) is 2. The fraction of sp³-hybridized carbons (Fsp3) is 0. The van der Waals surface area contributed by atoms with Gasteiger partial charge in [-0.3, -0.25) is 10.1 Å². The second-order valence-corrected chi connectivity index (χ2v) is 3.01. The van der Waals surface area contributed by atoms with E-state index in [0.717, 1.165) is 12.1 Å². The number of nitrogens with zero attached hydrogens (tertiary/aromatic N) is 3. The molecule has 0 aliphatic heterocycles. The fourth-order valence-electron chi connectivity index (χ4n) is 1.38. The average Bonchev–Trinajstić information content (AvgIpc) is 2.15. The van der Waals surface area contributed by atoms with Crippen LogP contribution in [0.4, 0.5) is 21.8 Å². The first-order chi connectivity index (χ1) is 7.50. The summed E-state index contributed by atoms with van der Waals surface area (Å²) in [6.07, 6.45) is 0. The van der Waals surface area contributed by atoms with E-state index in [9.17, 15) is 14.5 Å². The molecule has 2 aromatic rings. The van der Waals surface area contributed by atoms with Gasteiger partial charge in [0.05, 0.1) is 10.3 Å². The summed E-state index contributed by atoms with van der Waals surface area (Å²) < 4.78 is 13.4. The van der Waals surface area contributed by atoms with E-state index in [-0.39, 0.29) is 28.4 Å². The molecule has 0 aliphatic rings. The standard InChI is InChI=1S/C8H6FN5O2/c9-3-1-2-4(14(15)16)6-5(3)7(10)13-8(11)12-6/h1-2H,(H4,10,11,12,13). The normalized spacial score (nSPS) is 10.6. The van der Waals surface area contributed by atoms with Crippen molar-refractivity contribution in [1.29, 1.82) is 0 Å². The molecule has 0 saturated heterocycles. The van der Waals surface area contributed by atoms with Crippen LogP contribution in [0.15, 0.2) is 12.1 Å². The van der Waals surface area contributed by atoms with Gasteiger partial charge in [0, 0.05) is 6.07 Å². The van der Waals surface area contributed by atoms with Gasteiger partial charge in [0.2, 0.25) is 5.95 Å². The molecule has 0 aliphatic carbocycles. The highest BCUT2D eigenvalue weighted by Gasteiger charge is 2.19. The number of nitrogen functional groups attached to an aromatic ring is 2. The van der Waals surface area contributed by atoms with Gasteiger partial charge in [0.1, 0.15) is 11.6 Å². The molecule has 0 unspecified atom stereocenters. The molecular formula is C8H6FN5O2. The highest BCUT2D eigenvalue weighted by molar-refractivity contribution is 5.95. The minimum atomic E-state index is -0.724. The number of benzene rings is 1. The maximum atomic E-state index is 13.4. The van der Waals surface area contributed by atoms with Crippen molar-refractivity contribution in [3.05, 3.63) is 28.1 Å². The van der Waals surface area contributed by atoms with Crippen molar-refractivity contribution in [1.82, 2.24) is 9.97 Å². The van der Waals surface area contributed by atoms with Crippen molar-refractivity contribution < 1.29 is 9.31 Å². The Kier molecular flexibility index (Phi) is 2.04. The van der Waals surface area contributed by atoms with E-state index in [2.05, 4.69) is 9.97 Å². The van der Waals surface area contributed by atoms with E-state index in [4.69, 9.17) is 11.5 Å². The van der Waals surface area contributed by atoms with Crippen LogP contribution in [0.1, 0.15) is 0 Å². The van der Waals surface area contributed by atoms with Gasteiger partial charge in [0.15, 0.2) is 5.52 Å². The molecule has 1 aromatic heterocycles. The maximum Gasteiger partial charge on any atom is 0.295 e. The Morgan fingerprint density at radius 2 is 2.00 bits per heavy atom. The third-order valence-corrected chi connectivity index (χ3v) is 2.02. The van der Waals surface area contributed by atoms with Crippen LogP contribution in [0.5, 0.6) is 0 Å².